The fourth-order valence-electron chi connectivity index (χ4n) is 2.28. The van der Waals surface area contributed by atoms with E-state index in [1.54, 1.807) is 0 Å². The largest absolute Gasteiger partial charge is 1.00 e. The van der Waals surface area contributed by atoms with Gasteiger partial charge in [-0.05, 0) is 24.3 Å². The first-order valence-electron chi connectivity index (χ1n) is 6.74. The molecule has 0 heterocycles. The molecule has 0 aliphatic carbocycles. The van der Waals surface area contributed by atoms with Crippen LogP contribution in [0.5, 0.6) is 0 Å². The average Bonchev–Trinajstić information content (AvgIpc) is 2.50. The van der Waals surface area contributed by atoms with Crippen LogP contribution in [0.25, 0.3) is 0 Å². The molecule has 0 saturated carbocycles. The van der Waals surface area contributed by atoms with Gasteiger partial charge in [-0.3, -0.25) is 0 Å². The summed E-state index contributed by atoms with van der Waals surface area (Å²) < 4.78 is 0. The van der Waals surface area contributed by atoms with Crippen molar-refractivity contribution < 1.29 is 18.9 Å². The number of para-hydroxylation sites is 2. The first-order chi connectivity index (χ1) is 9.84. The maximum absolute atomic E-state index is 3.43. The molecule has 21 heavy (non-hydrogen) atoms. The van der Waals surface area contributed by atoms with Gasteiger partial charge in [-0.2, -0.15) is 23.8 Å². The molecule has 0 amide bonds. The fraction of sp³-hybridized carbons (Fsp3) is 0.0526. The number of benzene rings is 3. The standard InChI is InChI=1S/C19H16N.Li/c1-16-9-8-14-19(15-16)20(17-10-4-2-5-11-17)18-12-6-3-7-13-18;/h2-14H,1H3;/q-1;+1. The quantitative estimate of drug-likeness (QED) is 0.519. The minimum atomic E-state index is 0. The summed E-state index contributed by atoms with van der Waals surface area (Å²) in [7, 11) is 0. The van der Waals surface area contributed by atoms with Gasteiger partial charge in [0.2, 0.25) is 0 Å². The second-order valence-corrected chi connectivity index (χ2v) is 4.73. The van der Waals surface area contributed by atoms with E-state index < -0.39 is 0 Å². The molecule has 0 radical (unpaired) electrons. The van der Waals surface area contributed by atoms with Crippen LogP contribution in [0.3, 0.4) is 0 Å². The van der Waals surface area contributed by atoms with Crippen molar-refractivity contribution in [3.05, 3.63) is 90.5 Å². The molecule has 0 bridgehead atoms. The summed E-state index contributed by atoms with van der Waals surface area (Å²) in [6.07, 6.45) is 0. The maximum Gasteiger partial charge on any atom is 1.00 e. The molecule has 0 atom stereocenters. The number of hydrogen-bond donors (Lipinski definition) is 0. The zero-order chi connectivity index (χ0) is 13.8. The summed E-state index contributed by atoms with van der Waals surface area (Å²) in [6.45, 7) is 2.07. The zero-order valence-corrected chi connectivity index (χ0v) is 12.5. The van der Waals surface area contributed by atoms with E-state index in [0.717, 1.165) is 22.6 Å². The molecule has 0 aliphatic heterocycles. The van der Waals surface area contributed by atoms with Gasteiger partial charge in [0, 0.05) is 11.4 Å². The van der Waals surface area contributed by atoms with E-state index in [2.05, 4.69) is 84.6 Å². The first kappa shape index (κ1) is 15.4. The minimum absolute atomic E-state index is 0. The number of rotatable bonds is 3. The van der Waals surface area contributed by atoms with Gasteiger partial charge in [-0.1, -0.05) is 49.0 Å². The topological polar surface area (TPSA) is 3.24 Å². The first-order valence-corrected chi connectivity index (χ1v) is 6.74. The van der Waals surface area contributed by atoms with Crippen molar-refractivity contribution in [1.82, 2.24) is 0 Å². The summed E-state index contributed by atoms with van der Waals surface area (Å²) in [6, 6.07) is 30.4. The molecule has 0 N–H and O–H groups in total. The van der Waals surface area contributed by atoms with Gasteiger partial charge in [0.05, 0.1) is 0 Å². The van der Waals surface area contributed by atoms with E-state index in [9.17, 15) is 0 Å². The molecule has 3 rings (SSSR count). The Labute approximate surface area is 138 Å². The Hall–Kier alpha value is -1.94. The van der Waals surface area contributed by atoms with Crippen molar-refractivity contribution in [3.63, 3.8) is 0 Å². The van der Waals surface area contributed by atoms with Crippen molar-refractivity contribution in [3.8, 4) is 0 Å². The second kappa shape index (κ2) is 7.18. The third-order valence-corrected chi connectivity index (χ3v) is 3.20. The van der Waals surface area contributed by atoms with Crippen molar-refractivity contribution in [2.75, 3.05) is 4.90 Å². The van der Waals surface area contributed by atoms with Crippen LogP contribution in [0.2, 0.25) is 0 Å². The molecule has 0 spiro atoms. The number of anilines is 3. The molecule has 0 fully saturated rings. The molecule has 3 aromatic carbocycles. The summed E-state index contributed by atoms with van der Waals surface area (Å²) in [4.78, 5) is 2.22. The summed E-state index contributed by atoms with van der Waals surface area (Å²) >= 11 is 0. The van der Waals surface area contributed by atoms with Gasteiger partial charge in [0.25, 0.3) is 0 Å². The van der Waals surface area contributed by atoms with E-state index in [-0.39, 0.29) is 18.9 Å². The summed E-state index contributed by atoms with van der Waals surface area (Å²) in [5.74, 6) is 0. The van der Waals surface area contributed by atoms with Gasteiger partial charge in [0.1, 0.15) is 0 Å². The van der Waals surface area contributed by atoms with Gasteiger partial charge in [0.15, 0.2) is 0 Å². The molecular weight excluding hydrogens is 249 g/mol. The predicted molar refractivity (Wildman–Crippen MR) is 84.7 cm³/mol. The number of hydrogen-bond acceptors (Lipinski definition) is 1. The van der Waals surface area contributed by atoms with Crippen LogP contribution >= 0.6 is 0 Å². The maximum atomic E-state index is 3.43. The Morgan fingerprint density at radius 3 is 1.67 bits per heavy atom. The molecule has 0 aromatic heterocycles. The Morgan fingerprint density at radius 2 is 1.19 bits per heavy atom. The van der Waals surface area contributed by atoms with Gasteiger partial charge >= 0.3 is 18.9 Å². The summed E-state index contributed by atoms with van der Waals surface area (Å²) in [5, 5.41) is 0. The van der Waals surface area contributed by atoms with Crippen LogP contribution in [0.15, 0.2) is 78.9 Å². The third kappa shape index (κ3) is 3.58. The zero-order valence-electron chi connectivity index (χ0n) is 12.5. The number of nitrogens with zero attached hydrogens (tertiary/aromatic N) is 1. The molecule has 2 heteroatoms. The second-order valence-electron chi connectivity index (χ2n) is 4.73. The molecule has 98 valence electrons. The Morgan fingerprint density at radius 1 is 0.667 bits per heavy atom. The van der Waals surface area contributed by atoms with Crippen LogP contribution in [0.1, 0.15) is 5.56 Å². The van der Waals surface area contributed by atoms with Crippen LogP contribution < -0.4 is 23.8 Å². The third-order valence-electron chi connectivity index (χ3n) is 3.20. The Kier molecular flexibility index (Phi) is 5.28. The monoisotopic (exact) mass is 265 g/mol. The Bertz CT molecular complexity index is 641. The van der Waals surface area contributed by atoms with Crippen LogP contribution in [-0.4, -0.2) is 0 Å². The van der Waals surface area contributed by atoms with E-state index in [1.807, 2.05) is 12.1 Å². The molecular formula is C19H16LiN. The average molecular weight is 265 g/mol. The van der Waals surface area contributed by atoms with Crippen molar-refractivity contribution in [2.24, 2.45) is 0 Å². The van der Waals surface area contributed by atoms with Crippen LogP contribution in [-0.2, 0) is 0 Å². The van der Waals surface area contributed by atoms with Gasteiger partial charge in [-0.15, -0.1) is 6.07 Å². The fourth-order valence-corrected chi connectivity index (χ4v) is 2.28. The van der Waals surface area contributed by atoms with Gasteiger partial charge < -0.3 is 4.90 Å². The summed E-state index contributed by atoms with van der Waals surface area (Å²) in [5.41, 5.74) is 4.47. The predicted octanol–water partition coefficient (Wildman–Crippen LogP) is 2.27. The van der Waals surface area contributed by atoms with Crippen molar-refractivity contribution in [2.45, 2.75) is 6.92 Å². The normalized spacial score (nSPS) is 9.76. The van der Waals surface area contributed by atoms with Crippen LogP contribution in [0.4, 0.5) is 17.1 Å². The van der Waals surface area contributed by atoms with E-state index in [4.69, 9.17) is 0 Å². The molecule has 0 saturated heterocycles. The molecule has 0 unspecified atom stereocenters. The Balaban J connectivity index is 0.00000161. The van der Waals surface area contributed by atoms with E-state index in [0.29, 0.717) is 0 Å². The molecule has 0 aliphatic rings. The minimum Gasteiger partial charge on any atom is -0.334 e. The SMILES string of the molecule is Cc1[c-]c(N(c2ccccc2)c2ccccc2)ccc1.[Li+]. The van der Waals surface area contributed by atoms with Crippen molar-refractivity contribution >= 4 is 17.1 Å². The van der Waals surface area contributed by atoms with Crippen LogP contribution in [0, 0.1) is 13.0 Å². The smallest absolute Gasteiger partial charge is 0.334 e. The molecule has 1 nitrogen and oxygen atoms in total. The number of aryl methyl sites for hydroxylation is 1. The molecule has 3 aromatic rings. The van der Waals surface area contributed by atoms with Crippen molar-refractivity contribution in [1.29, 1.82) is 0 Å². The van der Waals surface area contributed by atoms with E-state index >= 15 is 0 Å². The van der Waals surface area contributed by atoms with Gasteiger partial charge in [-0.25, -0.2) is 0 Å². The van der Waals surface area contributed by atoms with E-state index in [1.165, 1.54) is 0 Å².